The van der Waals surface area contributed by atoms with E-state index in [-0.39, 0.29) is 19.0 Å². The number of carbonyl (C=O) groups is 2. The number of ether oxygens (including phenoxy) is 2. The summed E-state index contributed by atoms with van der Waals surface area (Å²) in [7, 11) is 0. The first-order valence-corrected chi connectivity index (χ1v) is 12.4. The quantitative estimate of drug-likeness (QED) is 0.636. The largest absolute Gasteiger partial charge is 0.437 e. The zero-order valence-corrected chi connectivity index (χ0v) is 19.9. The van der Waals surface area contributed by atoms with Gasteiger partial charge in [-0.2, -0.15) is 13.2 Å². The van der Waals surface area contributed by atoms with Gasteiger partial charge >= 0.3 is 12.3 Å². The van der Waals surface area contributed by atoms with Crippen molar-refractivity contribution in [1.82, 2.24) is 24.3 Å². The van der Waals surface area contributed by atoms with Crippen molar-refractivity contribution >= 4 is 12.0 Å². The van der Waals surface area contributed by atoms with Crippen LogP contribution in [0.3, 0.4) is 0 Å². The van der Waals surface area contributed by atoms with Crippen molar-refractivity contribution in [2.75, 3.05) is 39.4 Å². The lowest BCUT2D eigenvalue weighted by molar-refractivity contribution is -0.200. The maximum Gasteiger partial charge on any atom is 0.425 e. The molecule has 2 unspecified atom stereocenters. The van der Waals surface area contributed by atoms with Gasteiger partial charge in [-0.1, -0.05) is 0 Å². The van der Waals surface area contributed by atoms with Crippen LogP contribution in [-0.4, -0.2) is 99.5 Å². The molecule has 0 radical (unpaired) electrons. The van der Waals surface area contributed by atoms with Gasteiger partial charge in [0.05, 0.1) is 13.2 Å². The maximum absolute atomic E-state index is 13.5. The Morgan fingerprint density at radius 2 is 1.94 bits per heavy atom. The van der Waals surface area contributed by atoms with Crippen molar-refractivity contribution in [1.29, 1.82) is 0 Å². The molecular weight excluding hydrogens is 467 g/mol. The van der Waals surface area contributed by atoms with Gasteiger partial charge in [0.1, 0.15) is 11.5 Å². The van der Waals surface area contributed by atoms with E-state index in [0.717, 1.165) is 58.3 Å². The van der Waals surface area contributed by atoms with Crippen LogP contribution in [0.5, 0.6) is 0 Å². The predicted octanol–water partition coefficient (Wildman–Crippen LogP) is 2.65. The Hall–Kier alpha value is -2.34. The van der Waals surface area contributed by atoms with Crippen LogP contribution < -0.4 is 0 Å². The minimum absolute atomic E-state index is 0.109. The second-order valence-electron chi connectivity index (χ2n) is 10.1. The summed E-state index contributed by atoms with van der Waals surface area (Å²) in [5.74, 6) is 0.776. The van der Waals surface area contributed by atoms with Gasteiger partial charge < -0.3 is 23.8 Å². The average Bonchev–Trinajstić information content (AvgIpc) is 3.58. The highest BCUT2D eigenvalue weighted by molar-refractivity contribution is 5.93. The number of piperidine rings is 1. The van der Waals surface area contributed by atoms with Crippen LogP contribution in [0.15, 0.2) is 6.20 Å². The molecule has 0 N–H and O–H groups in total. The lowest BCUT2D eigenvalue weighted by Crippen LogP contribution is -2.55. The molecule has 3 saturated heterocycles. The molecule has 0 bridgehead atoms. The lowest BCUT2D eigenvalue weighted by Gasteiger charge is -2.44. The normalized spacial score (nSPS) is 25.7. The summed E-state index contributed by atoms with van der Waals surface area (Å²) >= 11 is 0. The zero-order chi connectivity index (χ0) is 24.8. The Kier molecular flexibility index (Phi) is 6.45. The molecule has 1 aromatic rings. The molecule has 5 rings (SSSR count). The number of hydrogen-bond acceptors (Lipinski definition) is 6. The third-order valence-corrected chi connectivity index (χ3v) is 8.01. The van der Waals surface area contributed by atoms with Crippen LogP contribution >= 0.6 is 0 Å². The molecule has 0 aromatic carbocycles. The monoisotopic (exact) mass is 499 g/mol. The molecule has 9 nitrogen and oxygen atoms in total. The second-order valence-corrected chi connectivity index (χ2v) is 10.1. The fourth-order valence-corrected chi connectivity index (χ4v) is 5.81. The van der Waals surface area contributed by atoms with Gasteiger partial charge in [-0.25, -0.2) is 9.78 Å². The molecular formula is C23H32F3N5O4. The molecule has 194 valence electrons. The van der Waals surface area contributed by atoms with Crippen molar-refractivity contribution in [3.63, 3.8) is 0 Å². The van der Waals surface area contributed by atoms with E-state index in [1.54, 1.807) is 0 Å². The van der Waals surface area contributed by atoms with Crippen LogP contribution in [-0.2, 0) is 22.6 Å². The van der Waals surface area contributed by atoms with Crippen LogP contribution in [0.25, 0.3) is 0 Å². The first-order valence-electron chi connectivity index (χ1n) is 12.4. The number of rotatable bonds is 3. The van der Waals surface area contributed by atoms with E-state index >= 15 is 0 Å². The molecule has 3 fully saturated rings. The number of alkyl halides is 3. The summed E-state index contributed by atoms with van der Waals surface area (Å²) in [5.41, 5.74) is 0.0348. The second kappa shape index (κ2) is 9.27. The number of fused-ring (bicyclic) bond motifs is 1. The van der Waals surface area contributed by atoms with E-state index in [2.05, 4.69) is 14.2 Å². The Morgan fingerprint density at radius 1 is 1.17 bits per heavy atom. The van der Waals surface area contributed by atoms with Crippen LogP contribution in [0.2, 0.25) is 0 Å². The third kappa shape index (κ3) is 4.74. The lowest BCUT2D eigenvalue weighted by atomic mass is 9.85. The first kappa shape index (κ1) is 24.4. The first-order chi connectivity index (χ1) is 16.7. The predicted molar refractivity (Wildman–Crippen MR) is 118 cm³/mol. The number of nitrogens with zero attached hydrogens (tertiary/aromatic N) is 5. The number of imidazole rings is 1. The third-order valence-electron chi connectivity index (χ3n) is 8.01. The molecule has 2 atom stereocenters. The molecule has 2 amide bonds. The molecule has 1 spiro atoms. The molecule has 5 heterocycles. The topological polar surface area (TPSA) is 80.1 Å². The molecule has 12 heteroatoms. The highest BCUT2D eigenvalue weighted by Gasteiger charge is 2.48. The van der Waals surface area contributed by atoms with E-state index in [4.69, 9.17) is 9.72 Å². The van der Waals surface area contributed by atoms with E-state index in [1.807, 2.05) is 11.1 Å². The molecule has 35 heavy (non-hydrogen) atoms. The molecule has 4 aliphatic rings. The fraction of sp³-hybridized carbons (Fsp3) is 0.783. The Balaban J connectivity index is 1.22. The van der Waals surface area contributed by atoms with E-state index in [1.165, 1.54) is 4.90 Å². The molecule has 4 aliphatic heterocycles. The number of likely N-dealkylation sites (tertiary alicyclic amines) is 2. The Labute approximate surface area is 202 Å². The Bertz CT molecular complexity index is 953. The van der Waals surface area contributed by atoms with Crippen LogP contribution in [0.1, 0.15) is 55.3 Å². The zero-order valence-electron chi connectivity index (χ0n) is 19.9. The molecule has 1 aromatic heterocycles. The minimum Gasteiger partial charge on any atom is -0.437 e. The summed E-state index contributed by atoms with van der Waals surface area (Å²) in [5, 5.41) is 0. The number of hydrogen-bond donors (Lipinski definition) is 0. The minimum atomic E-state index is -4.59. The standard InChI is InChI=1S/C23H32F3N5O4/c1-16(23(24,25)26)35-21(33)28-8-5-22(6-9-28)4-2-7-31(22)20(32)18-13-30-11-10-29(14-19(30)27-18)17-3-12-34-15-17/h13,16-17H,2-12,14-15H2,1H3. The van der Waals surface area contributed by atoms with E-state index in [9.17, 15) is 22.8 Å². The van der Waals surface area contributed by atoms with E-state index < -0.39 is 23.9 Å². The number of amides is 2. The van der Waals surface area contributed by atoms with Gasteiger partial charge in [-0.3, -0.25) is 9.69 Å². The van der Waals surface area contributed by atoms with Crippen molar-refractivity contribution in [2.24, 2.45) is 0 Å². The summed E-state index contributed by atoms with van der Waals surface area (Å²) < 4.78 is 50.4. The maximum atomic E-state index is 13.5. The summed E-state index contributed by atoms with van der Waals surface area (Å²) in [6.45, 7) is 5.85. The summed E-state index contributed by atoms with van der Waals surface area (Å²) in [6.07, 6.45) is -2.16. The van der Waals surface area contributed by atoms with Gasteiger partial charge in [0, 0.05) is 57.1 Å². The SMILES string of the molecule is CC(OC(=O)N1CCC2(CCCN2C(=O)c2cn3c(n2)CN(C2CCOC2)CC3)CC1)C(F)(F)F. The average molecular weight is 500 g/mol. The molecule has 0 aliphatic carbocycles. The van der Waals surface area contributed by atoms with Crippen LogP contribution in [0, 0.1) is 0 Å². The number of carbonyl (C=O) groups excluding carboxylic acids is 2. The van der Waals surface area contributed by atoms with Gasteiger partial charge in [0.15, 0.2) is 6.10 Å². The van der Waals surface area contributed by atoms with Crippen molar-refractivity contribution < 1.29 is 32.2 Å². The fourth-order valence-electron chi connectivity index (χ4n) is 5.81. The van der Waals surface area contributed by atoms with Crippen molar-refractivity contribution in [3.05, 3.63) is 17.7 Å². The summed E-state index contributed by atoms with van der Waals surface area (Å²) in [4.78, 5) is 36.0. The smallest absolute Gasteiger partial charge is 0.425 e. The van der Waals surface area contributed by atoms with E-state index in [0.29, 0.717) is 37.7 Å². The summed E-state index contributed by atoms with van der Waals surface area (Å²) in [6, 6.07) is 0.400. The number of halogens is 3. The molecule has 0 saturated carbocycles. The highest BCUT2D eigenvalue weighted by Crippen LogP contribution is 2.39. The van der Waals surface area contributed by atoms with Crippen molar-refractivity contribution in [2.45, 2.75) is 76.0 Å². The Morgan fingerprint density at radius 3 is 2.63 bits per heavy atom. The van der Waals surface area contributed by atoms with Gasteiger partial charge in [-0.15, -0.1) is 0 Å². The number of aromatic nitrogens is 2. The van der Waals surface area contributed by atoms with Gasteiger partial charge in [-0.05, 0) is 39.0 Å². The van der Waals surface area contributed by atoms with Gasteiger partial charge in [0.2, 0.25) is 0 Å². The highest BCUT2D eigenvalue weighted by atomic mass is 19.4. The van der Waals surface area contributed by atoms with Gasteiger partial charge in [0.25, 0.3) is 5.91 Å². The van der Waals surface area contributed by atoms with Crippen LogP contribution in [0.4, 0.5) is 18.0 Å². The van der Waals surface area contributed by atoms with Crippen molar-refractivity contribution in [3.8, 4) is 0 Å².